The van der Waals surface area contributed by atoms with Crippen LogP contribution in [0.25, 0.3) is 0 Å². The van der Waals surface area contributed by atoms with Crippen molar-refractivity contribution in [1.82, 2.24) is 10.3 Å². The van der Waals surface area contributed by atoms with Crippen LogP contribution in [0.1, 0.15) is 71.1 Å². The van der Waals surface area contributed by atoms with Crippen molar-refractivity contribution < 1.29 is 0 Å². The molecule has 2 N–H and O–H groups in total. The van der Waals surface area contributed by atoms with E-state index in [1.807, 2.05) is 12.1 Å². The van der Waals surface area contributed by atoms with Crippen molar-refractivity contribution >= 4 is 23.0 Å². The molecule has 0 aromatic carbocycles. The Balaban J connectivity index is 1.86. The number of pyridine rings is 1. The topological polar surface area (TPSA) is 37.0 Å². The zero-order chi connectivity index (χ0) is 15.9. The van der Waals surface area contributed by atoms with E-state index in [1.54, 1.807) is 12.4 Å². The van der Waals surface area contributed by atoms with Crippen LogP contribution in [0.2, 0.25) is 0 Å². The molecule has 0 saturated carbocycles. The minimum absolute atomic E-state index is 0.696. The molecule has 0 bridgehead atoms. The van der Waals surface area contributed by atoms with Gasteiger partial charge in [-0.3, -0.25) is 4.98 Å². The zero-order valence-electron chi connectivity index (χ0n) is 13.9. The van der Waals surface area contributed by atoms with Crippen molar-refractivity contribution in [2.24, 2.45) is 0 Å². The van der Waals surface area contributed by atoms with E-state index in [9.17, 15) is 0 Å². The molecule has 0 spiro atoms. The summed E-state index contributed by atoms with van der Waals surface area (Å²) in [6.07, 6.45) is 17.1. The molecular weight excluding hydrogens is 290 g/mol. The van der Waals surface area contributed by atoms with E-state index in [0.717, 1.165) is 12.2 Å². The van der Waals surface area contributed by atoms with E-state index in [1.165, 1.54) is 64.2 Å². The molecule has 0 amide bonds. The summed E-state index contributed by atoms with van der Waals surface area (Å²) < 4.78 is 0. The Kier molecular flexibility index (Phi) is 11.6. The Labute approximate surface area is 141 Å². The first-order chi connectivity index (χ1) is 10.8. The lowest BCUT2D eigenvalue weighted by molar-refractivity contribution is 0.555. The maximum atomic E-state index is 5.26. The number of unbranched alkanes of at least 4 members (excludes halogenated alkanes) is 9. The molecule has 0 aliphatic carbocycles. The standard InChI is InChI=1S/C18H31N3S/c1-2-3-4-5-6-7-8-9-10-11-14-20-18(22)21-17-12-15-19-16-13-17/h12-13,15-16H,2-11,14H2,1H3,(H2,19,20,21,22). The van der Waals surface area contributed by atoms with Crippen LogP contribution < -0.4 is 10.6 Å². The second-order valence-corrected chi connectivity index (χ2v) is 6.21. The van der Waals surface area contributed by atoms with E-state index in [4.69, 9.17) is 12.2 Å². The van der Waals surface area contributed by atoms with Gasteiger partial charge in [-0.15, -0.1) is 0 Å². The van der Waals surface area contributed by atoms with Crippen LogP contribution in [0.15, 0.2) is 24.5 Å². The molecule has 1 aromatic rings. The average Bonchev–Trinajstić information content (AvgIpc) is 2.53. The Morgan fingerprint density at radius 2 is 1.45 bits per heavy atom. The van der Waals surface area contributed by atoms with Gasteiger partial charge < -0.3 is 10.6 Å². The monoisotopic (exact) mass is 321 g/mol. The minimum atomic E-state index is 0.696. The molecule has 0 saturated heterocycles. The molecule has 0 aliphatic heterocycles. The van der Waals surface area contributed by atoms with E-state index < -0.39 is 0 Å². The fourth-order valence-corrected chi connectivity index (χ4v) is 2.64. The summed E-state index contributed by atoms with van der Waals surface area (Å²) >= 11 is 5.26. The lowest BCUT2D eigenvalue weighted by atomic mass is 10.1. The number of rotatable bonds is 12. The highest BCUT2D eigenvalue weighted by molar-refractivity contribution is 7.80. The molecule has 124 valence electrons. The molecule has 0 unspecified atom stereocenters. The molecule has 1 aromatic heterocycles. The molecule has 3 nitrogen and oxygen atoms in total. The highest BCUT2D eigenvalue weighted by atomic mass is 32.1. The smallest absolute Gasteiger partial charge is 0.170 e. The molecule has 1 heterocycles. The SMILES string of the molecule is CCCCCCCCCCCCNC(=S)Nc1ccncc1. The molecule has 1 rings (SSSR count). The second kappa shape index (κ2) is 13.5. The molecule has 22 heavy (non-hydrogen) atoms. The van der Waals surface area contributed by atoms with E-state index in [0.29, 0.717) is 5.11 Å². The Morgan fingerprint density at radius 3 is 2.05 bits per heavy atom. The predicted octanol–water partition coefficient (Wildman–Crippen LogP) is 5.29. The van der Waals surface area contributed by atoms with Gasteiger partial charge in [0.1, 0.15) is 0 Å². The Bertz CT molecular complexity index is 381. The van der Waals surface area contributed by atoms with Gasteiger partial charge in [-0.05, 0) is 30.8 Å². The third kappa shape index (κ3) is 10.6. The van der Waals surface area contributed by atoms with Crippen molar-refractivity contribution in [2.45, 2.75) is 71.1 Å². The summed E-state index contributed by atoms with van der Waals surface area (Å²) in [5, 5.41) is 7.11. The molecular formula is C18H31N3S. The second-order valence-electron chi connectivity index (χ2n) is 5.80. The van der Waals surface area contributed by atoms with Gasteiger partial charge in [0.05, 0.1) is 0 Å². The van der Waals surface area contributed by atoms with Crippen molar-refractivity contribution in [2.75, 3.05) is 11.9 Å². The van der Waals surface area contributed by atoms with Gasteiger partial charge in [-0.2, -0.15) is 0 Å². The normalized spacial score (nSPS) is 10.4. The van der Waals surface area contributed by atoms with Gasteiger partial charge in [-0.1, -0.05) is 64.7 Å². The summed E-state index contributed by atoms with van der Waals surface area (Å²) in [6.45, 7) is 3.22. The van der Waals surface area contributed by atoms with Crippen LogP contribution in [-0.4, -0.2) is 16.6 Å². The van der Waals surface area contributed by atoms with Crippen LogP contribution in [0.3, 0.4) is 0 Å². The summed E-state index contributed by atoms with van der Waals surface area (Å²) in [7, 11) is 0. The first kappa shape index (κ1) is 18.9. The predicted molar refractivity (Wildman–Crippen MR) is 100 cm³/mol. The fourth-order valence-electron chi connectivity index (χ4n) is 2.42. The van der Waals surface area contributed by atoms with Gasteiger partial charge >= 0.3 is 0 Å². The van der Waals surface area contributed by atoms with Crippen LogP contribution in [-0.2, 0) is 0 Å². The molecule has 0 aliphatic rings. The maximum Gasteiger partial charge on any atom is 0.170 e. The Morgan fingerprint density at radius 1 is 0.909 bits per heavy atom. The van der Waals surface area contributed by atoms with Gasteiger partial charge in [0.25, 0.3) is 0 Å². The van der Waals surface area contributed by atoms with Crippen LogP contribution in [0, 0.1) is 0 Å². The third-order valence-corrected chi connectivity index (χ3v) is 4.00. The van der Waals surface area contributed by atoms with Crippen LogP contribution in [0.5, 0.6) is 0 Å². The number of hydrogen-bond acceptors (Lipinski definition) is 2. The summed E-state index contributed by atoms with van der Waals surface area (Å²) in [5.41, 5.74) is 0.982. The number of nitrogens with one attached hydrogen (secondary N) is 2. The van der Waals surface area contributed by atoms with Gasteiger partial charge in [0.15, 0.2) is 5.11 Å². The number of thiocarbonyl (C=S) groups is 1. The zero-order valence-corrected chi connectivity index (χ0v) is 14.8. The van der Waals surface area contributed by atoms with Gasteiger partial charge in [0.2, 0.25) is 0 Å². The Hall–Kier alpha value is -1.16. The van der Waals surface area contributed by atoms with Crippen molar-refractivity contribution in [3.05, 3.63) is 24.5 Å². The van der Waals surface area contributed by atoms with Crippen LogP contribution >= 0.6 is 12.2 Å². The largest absolute Gasteiger partial charge is 0.362 e. The average molecular weight is 322 g/mol. The molecule has 0 fully saturated rings. The van der Waals surface area contributed by atoms with Crippen molar-refractivity contribution in [1.29, 1.82) is 0 Å². The van der Waals surface area contributed by atoms with E-state index >= 15 is 0 Å². The highest BCUT2D eigenvalue weighted by Crippen LogP contribution is 2.10. The van der Waals surface area contributed by atoms with Gasteiger partial charge in [-0.25, -0.2) is 0 Å². The lowest BCUT2D eigenvalue weighted by Gasteiger charge is -2.10. The van der Waals surface area contributed by atoms with Gasteiger partial charge in [0, 0.05) is 24.6 Å². The highest BCUT2D eigenvalue weighted by Gasteiger charge is 1.97. The van der Waals surface area contributed by atoms with Crippen molar-refractivity contribution in [3.63, 3.8) is 0 Å². The molecule has 4 heteroatoms. The molecule has 0 radical (unpaired) electrons. The first-order valence-corrected chi connectivity index (χ1v) is 9.18. The van der Waals surface area contributed by atoms with E-state index in [-0.39, 0.29) is 0 Å². The van der Waals surface area contributed by atoms with E-state index in [2.05, 4.69) is 22.5 Å². The minimum Gasteiger partial charge on any atom is -0.362 e. The van der Waals surface area contributed by atoms with Crippen LogP contribution in [0.4, 0.5) is 5.69 Å². The first-order valence-electron chi connectivity index (χ1n) is 8.78. The molecule has 0 atom stereocenters. The maximum absolute atomic E-state index is 5.26. The summed E-state index contributed by atoms with van der Waals surface area (Å²) in [5.74, 6) is 0. The summed E-state index contributed by atoms with van der Waals surface area (Å²) in [4.78, 5) is 3.98. The third-order valence-electron chi connectivity index (χ3n) is 3.75. The number of aromatic nitrogens is 1. The summed E-state index contributed by atoms with van der Waals surface area (Å²) in [6, 6.07) is 3.82. The lowest BCUT2D eigenvalue weighted by Crippen LogP contribution is -2.29. The number of nitrogens with zero attached hydrogens (tertiary/aromatic N) is 1. The number of hydrogen-bond donors (Lipinski definition) is 2. The van der Waals surface area contributed by atoms with Crippen molar-refractivity contribution in [3.8, 4) is 0 Å². The quantitative estimate of drug-likeness (QED) is 0.405. The number of anilines is 1. The fraction of sp³-hybridized carbons (Fsp3) is 0.667.